The highest BCUT2D eigenvalue weighted by atomic mass is 16.5. The van der Waals surface area contributed by atoms with E-state index >= 15 is 0 Å². The van der Waals surface area contributed by atoms with Crippen molar-refractivity contribution < 1.29 is 9.53 Å². The van der Waals surface area contributed by atoms with Crippen molar-refractivity contribution in [2.24, 2.45) is 11.8 Å². The monoisotopic (exact) mass is 310 g/mol. The molecule has 0 aliphatic heterocycles. The van der Waals surface area contributed by atoms with Gasteiger partial charge in [-0.1, -0.05) is 61.6 Å². The fourth-order valence-corrected chi connectivity index (χ4v) is 3.02. The Morgan fingerprint density at radius 2 is 1.96 bits per heavy atom. The second kappa shape index (κ2) is 9.14. The minimum Gasteiger partial charge on any atom is -0.463 e. The average Bonchev–Trinajstić information content (AvgIpc) is 2.57. The third-order valence-electron chi connectivity index (χ3n) is 4.40. The van der Waals surface area contributed by atoms with Crippen LogP contribution < -0.4 is 0 Å². The lowest BCUT2D eigenvalue weighted by Gasteiger charge is -2.27. The maximum absolute atomic E-state index is 11.1. The van der Waals surface area contributed by atoms with E-state index in [2.05, 4.69) is 43.3 Å². The molecule has 0 radical (unpaired) electrons. The highest BCUT2D eigenvalue weighted by molar-refractivity contribution is 5.82. The van der Waals surface area contributed by atoms with Gasteiger partial charge in [-0.05, 0) is 49.1 Å². The van der Waals surface area contributed by atoms with Gasteiger partial charge < -0.3 is 4.74 Å². The SMILES string of the molecule is CCOC(=O)C=CC=CC=CC(C)C1CCc2ccccc2C1. The van der Waals surface area contributed by atoms with Gasteiger partial charge >= 0.3 is 5.97 Å². The largest absolute Gasteiger partial charge is 0.463 e. The molecule has 2 nitrogen and oxygen atoms in total. The maximum atomic E-state index is 11.1. The molecule has 0 N–H and O–H groups in total. The smallest absolute Gasteiger partial charge is 0.330 e. The van der Waals surface area contributed by atoms with Crippen molar-refractivity contribution >= 4 is 5.97 Å². The minimum atomic E-state index is -0.296. The molecule has 1 aromatic rings. The fraction of sp³-hybridized carbons (Fsp3) is 0.381. The Bertz CT molecular complexity index is 596. The Kier molecular flexibility index (Phi) is 6.86. The summed E-state index contributed by atoms with van der Waals surface area (Å²) in [6.07, 6.45) is 14.9. The van der Waals surface area contributed by atoms with Gasteiger partial charge in [-0.25, -0.2) is 4.79 Å². The van der Waals surface area contributed by atoms with Crippen molar-refractivity contribution in [1.29, 1.82) is 0 Å². The van der Waals surface area contributed by atoms with Crippen LogP contribution in [0.5, 0.6) is 0 Å². The van der Waals surface area contributed by atoms with Crippen molar-refractivity contribution in [2.45, 2.75) is 33.1 Å². The number of esters is 1. The molecule has 0 spiro atoms. The van der Waals surface area contributed by atoms with Crippen LogP contribution >= 0.6 is 0 Å². The number of benzene rings is 1. The quantitative estimate of drug-likeness (QED) is 0.434. The van der Waals surface area contributed by atoms with Crippen LogP contribution in [0.4, 0.5) is 0 Å². The lowest BCUT2D eigenvalue weighted by Crippen LogP contribution is -2.19. The summed E-state index contributed by atoms with van der Waals surface area (Å²) in [5.74, 6) is 0.974. The number of hydrogen-bond donors (Lipinski definition) is 0. The molecule has 2 unspecified atom stereocenters. The Balaban J connectivity index is 1.81. The number of carbonyl (C=O) groups is 1. The van der Waals surface area contributed by atoms with Crippen LogP contribution in [0.1, 0.15) is 31.4 Å². The van der Waals surface area contributed by atoms with E-state index in [1.54, 1.807) is 13.0 Å². The summed E-state index contributed by atoms with van der Waals surface area (Å²) in [6.45, 7) is 4.50. The molecule has 0 bridgehead atoms. The summed E-state index contributed by atoms with van der Waals surface area (Å²) in [7, 11) is 0. The van der Waals surface area contributed by atoms with Crippen LogP contribution in [0.15, 0.2) is 60.7 Å². The van der Waals surface area contributed by atoms with Crippen molar-refractivity contribution in [3.05, 3.63) is 71.8 Å². The van der Waals surface area contributed by atoms with Gasteiger partial charge in [-0.3, -0.25) is 0 Å². The van der Waals surface area contributed by atoms with E-state index < -0.39 is 0 Å². The van der Waals surface area contributed by atoms with E-state index in [4.69, 9.17) is 4.74 Å². The lowest BCUT2D eigenvalue weighted by atomic mass is 9.77. The third kappa shape index (κ3) is 5.55. The van der Waals surface area contributed by atoms with Crippen molar-refractivity contribution in [2.75, 3.05) is 6.61 Å². The predicted molar refractivity (Wildman–Crippen MR) is 95.2 cm³/mol. The first kappa shape index (κ1) is 17.3. The number of hydrogen-bond acceptors (Lipinski definition) is 2. The van der Waals surface area contributed by atoms with Gasteiger partial charge in [0, 0.05) is 6.08 Å². The third-order valence-corrected chi connectivity index (χ3v) is 4.40. The molecule has 2 rings (SSSR count). The average molecular weight is 310 g/mol. The van der Waals surface area contributed by atoms with Crippen LogP contribution in [0.2, 0.25) is 0 Å². The molecule has 0 saturated heterocycles. The van der Waals surface area contributed by atoms with Gasteiger partial charge in [-0.15, -0.1) is 0 Å². The molecule has 1 aliphatic rings. The summed E-state index contributed by atoms with van der Waals surface area (Å²) in [5.41, 5.74) is 3.03. The summed E-state index contributed by atoms with van der Waals surface area (Å²) in [6, 6.07) is 8.79. The van der Waals surface area contributed by atoms with Gasteiger partial charge in [0.05, 0.1) is 6.61 Å². The van der Waals surface area contributed by atoms with Gasteiger partial charge in [0.2, 0.25) is 0 Å². The van der Waals surface area contributed by atoms with Crippen LogP contribution in [-0.4, -0.2) is 12.6 Å². The van der Waals surface area contributed by atoms with Gasteiger partial charge in [0.15, 0.2) is 0 Å². The molecule has 0 aromatic heterocycles. The molecule has 0 heterocycles. The highest BCUT2D eigenvalue weighted by Crippen LogP contribution is 2.30. The summed E-state index contributed by atoms with van der Waals surface area (Å²) >= 11 is 0. The Morgan fingerprint density at radius 3 is 2.74 bits per heavy atom. The molecule has 23 heavy (non-hydrogen) atoms. The minimum absolute atomic E-state index is 0.296. The zero-order valence-electron chi connectivity index (χ0n) is 14.1. The van der Waals surface area contributed by atoms with E-state index in [1.165, 1.54) is 36.5 Å². The van der Waals surface area contributed by atoms with Crippen LogP contribution in [0.3, 0.4) is 0 Å². The highest BCUT2D eigenvalue weighted by Gasteiger charge is 2.21. The number of fused-ring (bicyclic) bond motifs is 1. The number of ether oxygens (including phenoxy) is 1. The lowest BCUT2D eigenvalue weighted by molar-refractivity contribution is -0.137. The predicted octanol–water partition coefficient (Wildman–Crippen LogP) is 4.66. The van der Waals surface area contributed by atoms with Crippen LogP contribution in [-0.2, 0) is 22.4 Å². The summed E-state index contributed by atoms with van der Waals surface area (Å²) in [5, 5.41) is 0. The molecule has 0 fully saturated rings. The van der Waals surface area contributed by atoms with E-state index in [9.17, 15) is 4.79 Å². The van der Waals surface area contributed by atoms with Crippen molar-refractivity contribution in [3.63, 3.8) is 0 Å². The normalized spacial score (nSPS) is 19.3. The van der Waals surface area contributed by atoms with E-state index in [-0.39, 0.29) is 5.97 Å². The fourth-order valence-electron chi connectivity index (χ4n) is 3.02. The second-order valence-electron chi connectivity index (χ2n) is 6.01. The molecule has 2 heteroatoms. The topological polar surface area (TPSA) is 26.3 Å². The number of aryl methyl sites for hydroxylation is 1. The molecule has 0 saturated carbocycles. The number of allylic oxidation sites excluding steroid dienone is 5. The first-order chi connectivity index (χ1) is 11.2. The molecule has 1 aromatic carbocycles. The molecular weight excluding hydrogens is 284 g/mol. The zero-order valence-corrected chi connectivity index (χ0v) is 14.1. The molecule has 0 amide bonds. The molecule has 1 aliphatic carbocycles. The van der Waals surface area contributed by atoms with Gasteiger partial charge in [0.25, 0.3) is 0 Å². The Morgan fingerprint density at radius 1 is 1.22 bits per heavy atom. The van der Waals surface area contributed by atoms with Gasteiger partial charge in [-0.2, -0.15) is 0 Å². The second-order valence-corrected chi connectivity index (χ2v) is 6.01. The van der Waals surface area contributed by atoms with Crippen molar-refractivity contribution in [1.82, 2.24) is 0 Å². The zero-order chi connectivity index (χ0) is 16.5. The van der Waals surface area contributed by atoms with Crippen LogP contribution in [0, 0.1) is 11.8 Å². The van der Waals surface area contributed by atoms with E-state index in [0.29, 0.717) is 18.4 Å². The Hall–Kier alpha value is -2.09. The van der Waals surface area contributed by atoms with E-state index in [0.717, 1.165) is 0 Å². The number of carbonyl (C=O) groups excluding carboxylic acids is 1. The summed E-state index contributed by atoms with van der Waals surface area (Å²) < 4.78 is 4.82. The van der Waals surface area contributed by atoms with Crippen molar-refractivity contribution in [3.8, 4) is 0 Å². The Labute approximate surface area is 139 Å². The van der Waals surface area contributed by atoms with Gasteiger partial charge in [0.1, 0.15) is 0 Å². The number of rotatable bonds is 6. The standard InChI is InChI=1S/C21H26O2/c1-3-23-21(22)13-7-5-4-6-10-17(2)19-15-14-18-11-8-9-12-20(18)16-19/h4-13,17,19H,3,14-16H2,1-2H3. The van der Waals surface area contributed by atoms with E-state index in [1.807, 2.05) is 12.2 Å². The maximum Gasteiger partial charge on any atom is 0.330 e. The molecule has 2 atom stereocenters. The molecular formula is C21H26O2. The van der Waals surface area contributed by atoms with Crippen LogP contribution in [0.25, 0.3) is 0 Å². The first-order valence-electron chi connectivity index (χ1n) is 8.45. The molecule has 122 valence electrons. The first-order valence-corrected chi connectivity index (χ1v) is 8.45. The summed E-state index contributed by atoms with van der Waals surface area (Å²) in [4.78, 5) is 11.1.